The molecular weight excluding hydrogens is 805 g/mol. The van der Waals surface area contributed by atoms with Gasteiger partial charge < -0.3 is 18.6 Å². The number of rotatable bonds is 7. The van der Waals surface area contributed by atoms with Crippen LogP contribution in [0.15, 0.2) is 191 Å². The van der Waals surface area contributed by atoms with Gasteiger partial charge in [-0.05, 0) is 175 Å². The number of aryl methyl sites for hydroxylation is 6. The number of para-hydroxylation sites is 2. The maximum Gasteiger partial charge on any atom is 0.179 e. The lowest BCUT2D eigenvalue weighted by Gasteiger charge is -2.29. The normalized spacial score (nSPS) is 11.8. The first-order chi connectivity index (χ1) is 32.2. The lowest BCUT2D eigenvalue weighted by Crippen LogP contribution is -2.12. The average Bonchev–Trinajstić information content (AvgIpc) is 3.88. The van der Waals surface area contributed by atoms with E-state index in [1.54, 1.807) is 0 Å². The summed E-state index contributed by atoms with van der Waals surface area (Å²) in [6.45, 7) is 13.0. The fourth-order valence-corrected chi connectivity index (χ4v) is 10.3. The molecule has 0 bridgehead atoms. The van der Waals surface area contributed by atoms with E-state index in [4.69, 9.17) is 8.83 Å². The van der Waals surface area contributed by atoms with E-state index < -0.39 is 0 Å². The van der Waals surface area contributed by atoms with Gasteiger partial charge in [-0.2, -0.15) is 0 Å². The number of hydrogen-bond donors (Lipinski definition) is 0. The van der Waals surface area contributed by atoms with E-state index in [0.717, 1.165) is 99.3 Å². The van der Waals surface area contributed by atoms with Gasteiger partial charge in [-0.25, -0.2) is 0 Å². The Morgan fingerprint density at radius 3 is 1.30 bits per heavy atom. The molecule has 66 heavy (non-hydrogen) atoms. The second-order valence-corrected chi connectivity index (χ2v) is 18.2. The predicted molar refractivity (Wildman–Crippen MR) is 279 cm³/mol. The molecule has 0 saturated heterocycles. The molecule has 0 saturated carbocycles. The minimum atomic E-state index is 0.758. The van der Waals surface area contributed by atoms with Crippen molar-refractivity contribution in [2.75, 3.05) is 9.80 Å². The first-order valence-electron chi connectivity index (χ1n) is 22.8. The maximum absolute atomic E-state index is 7.05. The Morgan fingerprint density at radius 1 is 0.333 bits per heavy atom. The van der Waals surface area contributed by atoms with Crippen LogP contribution in [0.1, 0.15) is 33.4 Å². The van der Waals surface area contributed by atoms with Crippen LogP contribution in [0, 0.1) is 41.5 Å². The van der Waals surface area contributed by atoms with Crippen molar-refractivity contribution < 1.29 is 8.83 Å². The van der Waals surface area contributed by atoms with Crippen molar-refractivity contribution in [1.29, 1.82) is 0 Å². The molecule has 2 heterocycles. The molecule has 0 aliphatic rings. The molecule has 12 aromatic rings. The monoisotopic (exact) mass is 852 g/mol. The van der Waals surface area contributed by atoms with Gasteiger partial charge in [0.05, 0.1) is 11.4 Å². The average molecular weight is 853 g/mol. The summed E-state index contributed by atoms with van der Waals surface area (Å²) >= 11 is 0. The highest BCUT2D eigenvalue weighted by molar-refractivity contribution is 6.26. The molecule has 0 radical (unpaired) electrons. The minimum absolute atomic E-state index is 0.758. The summed E-state index contributed by atoms with van der Waals surface area (Å²) in [4.78, 5) is 4.77. The summed E-state index contributed by atoms with van der Waals surface area (Å²) in [5, 5.41) is 8.72. The number of benzene rings is 10. The zero-order chi connectivity index (χ0) is 44.8. The molecule has 318 valence electrons. The minimum Gasteiger partial charge on any atom is -0.452 e. The molecule has 0 amide bonds. The zero-order valence-corrected chi connectivity index (χ0v) is 38.0. The Kier molecular flexibility index (Phi) is 9.15. The lowest BCUT2D eigenvalue weighted by atomic mass is 9.95. The molecule has 4 nitrogen and oxygen atoms in total. The lowest BCUT2D eigenvalue weighted by molar-refractivity contribution is 0.634. The number of hydrogen-bond acceptors (Lipinski definition) is 4. The molecule has 0 aliphatic carbocycles. The van der Waals surface area contributed by atoms with E-state index >= 15 is 0 Å². The van der Waals surface area contributed by atoms with E-state index in [0.29, 0.717) is 0 Å². The van der Waals surface area contributed by atoms with E-state index in [-0.39, 0.29) is 0 Å². The van der Waals surface area contributed by atoms with Crippen molar-refractivity contribution in [1.82, 2.24) is 0 Å². The summed E-state index contributed by atoms with van der Waals surface area (Å²) in [5.74, 6) is 0. The predicted octanol–water partition coefficient (Wildman–Crippen LogP) is 18.2. The SMILES string of the molecule is Cc1ccc(N(c2ccc3cc4c(cc3c2)oc2c4cc(-c3ccccc3)c3c4cc5ccc(N(c6ccc(C)cc6)c6c(C)cccc6C)cc5cc4oc23)c2c(C)cccc2C)cc1. The van der Waals surface area contributed by atoms with Crippen LogP contribution >= 0.6 is 0 Å². The van der Waals surface area contributed by atoms with Crippen molar-refractivity contribution in [2.24, 2.45) is 0 Å². The largest absolute Gasteiger partial charge is 0.452 e. The summed E-state index contributed by atoms with van der Waals surface area (Å²) < 4.78 is 14.0. The number of anilines is 6. The second-order valence-electron chi connectivity index (χ2n) is 18.2. The van der Waals surface area contributed by atoms with Crippen molar-refractivity contribution >= 4 is 99.5 Å². The summed E-state index contributed by atoms with van der Waals surface area (Å²) in [6, 6.07) is 66.2. The Hall–Kier alpha value is -8.08. The topological polar surface area (TPSA) is 32.8 Å². The summed E-state index contributed by atoms with van der Waals surface area (Å²) in [7, 11) is 0. The maximum atomic E-state index is 7.05. The molecule has 0 aliphatic heterocycles. The van der Waals surface area contributed by atoms with Gasteiger partial charge in [0.15, 0.2) is 11.2 Å². The van der Waals surface area contributed by atoms with Crippen molar-refractivity contribution in [2.45, 2.75) is 41.5 Å². The third-order valence-corrected chi connectivity index (χ3v) is 13.6. The van der Waals surface area contributed by atoms with Crippen LogP contribution in [-0.4, -0.2) is 0 Å². The van der Waals surface area contributed by atoms with Crippen LogP contribution in [0.25, 0.3) is 76.5 Å². The second kappa shape index (κ2) is 15.3. The van der Waals surface area contributed by atoms with Gasteiger partial charge in [0.1, 0.15) is 11.2 Å². The fourth-order valence-electron chi connectivity index (χ4n) is 10.3. The number of furan rings is 2. The van der Waals surface area contributed by atoms with Crippen LogP contribution in [0.3, 0.4) is 0 Å². The van der Waals surface area contributed by atoms with Crippen LogP contribution in [-0.2, 0) is 0 Å². The highest BCUT2D eigenvalue weighted by atomic mass is 16.4. The van der Waals surface area contributed by atoms with Crippen LogP contribution in [0.4, 0.5) is 34.1 Å². The van der Waals surface area contributed by atoms with Crippen LogP contribution in [0.5, 0.6) is 0 Å². The first kappa shape index (κ1) is 39.5. The summed E-state index contributed by atoms with van der Waals surface area (Å²) in [5.41, 5.74) is 19.6. The Labute approximate surface area is 384 Å². The Bertz CT molecular complexity index is 3840. The van der Waals surface area contributed by atoms with Gasteiger partial charge in [-0.3, -0.25) is 0 Å². The molecule has 10 aromatic carbocycles. The Morgan fingerprint density at radius 2 is 0.788 bits per heavy atom. The standard InChI is InChI=1S/C62H48N2O2/c1-37-18-24-48(25-19-37)63(59-39(3)12-10-13-40(59)4)50-28-22-44-32-53-54-36-52(43-16-8-7-9-17-43)58-55-33-45-23-29-51(64(49-26-20-38(2)21-27-49)60-41(5)14-11-15-42(60)6)31-47(45)35-57(55)66-62(58)61(54)65-56(53)34-46(44)30-50/h7-36H,1-6H3. The number of nitrogens with zero attached hydrogens (tertiary/aromatic N) is 2. The van der Waals surface area contributed by atoms with Crippen molar-refractivity contribution in [3.8, 4) is 11.1 Å². The van der Waals surface area contributed by atoms with Crippen molar-refractivity contribution in [3.05, 3.63) is 215 Å². The van der Waals surface area contributed by atoms with Gasteiger partial charge in [0.25, 0.3) is 0 Å². The highest BCUT2D eigenvalue weighted by Gasteiger charge is 2.24. The van der Waals surface area contributed by atoms with Gasteiger partial charge in [0.2, 0.25) is 0 Å². The van der Waals surface area contributed by atoms with Gasteiger partial charge in [0, 0.05) is 44.3 Å². The van der Waals surface area contributed by atoms with Gasteiger partial charge >= 0.3 is 0 Å². The summed E-state index contributed by atoms with van der Waals surface area (Å²) in [6.07, 6.45) is 0. The molecule has 0 spiro atoms. The molecule has 4 heteroatoms. The third-order valence-electron chi connectivity index (χ3n) is 13.6. The Balaban J connectivity index is 1.05. The van der Waals surface area contributed by atoms with Gasteiger partial charge in [-0.15, -0.1) is 0 Å². The van der Waals surface area contributed by atoms with E-state index in [2.05, 4.69) is 233 Å². The molecule has 12 rings (SSSR count). The highest BCUT2D eigenvalue weighted by Crippen LogP contribution is 2.48. The molecule has 0 atom stereocenters. The molecule has 0 N–H and O–H groups in total. The third kappa shape index (κ3) is 6.43. The molecule has 0 unspecified atom stereocenters. The smallest absolute Gasteiger partial charge is 0.179 e. The molecule has 2 aromatic heterocycles. The van der Waals surface area contributed by atoms with Gasteiger partial charge in [-0.1, -0.05) is 114 Å². The number of fused-ring (bicyclic) bond motifs is 9. The van der Waals surface area contributed by atoms with E-state index in [1.165, 1.54) is 44.8 Å². The quantitative estimate of drug-likeness (QED) is 0.160. The molecule has 0 fully saturated rings. The zero-order valence-electron chi connectivity index (χ0n) is 38.0. The van der Waals surface area contributed by atoms with Crippen LogP contribution < -0.4 is 9.80 Å². The van der Waals surface area contributed by atoms with E-state index in [1.807, 2.05) is 0 Å². The molecular formula is C62H48N2O2. The first-order valence-corrected chi connectivity index (χ1v) is 22.8. The van der Waals surface area contributed by atoms with Crippen molar-refractivity contribution in [3.63, 3.8) is 0 Å². The van der Waals surface area contributed by atoms with Crippen LogP contribution in [0.2, 0.25) is 0 Å². The fraction of sp³-hybridized carbons (Fsp3) is 0.0968. The van der Waals surface area contributed by atoms with E-state index in [9.17, 15) is 0 Å².